The van der Waals surface area contributed by atoms with Crippen molar-refractivity contribution in [2.75, 3.05) is 5.32 Å². The fourth-order valence-electron chi connectivity index (χ4n) is 1.90. The van der Waals surface area contributed by atoms with Crippen LogP contribution in [0.4, 0.5) is 10.2 Å². The van der Waals surface area contributed by atoms with E-state index in [1.54, 1.807) is 23.6 Å². The number of hydrogen-bond acceptors (Lipinski definition) is 4. The minimum atomic E-state index is -0.280. The molecule has 0 spiro atoms. The van der Waals surface area contributed by atoms with Gasteiger partial charge in [-0.25, -0.2) is 9.37 Å². The van der Waals surface area contributed by atoms with Crippen LogP contribution in [0.3, 0.4) is 0 Å². The molecule has 2 aromatic rings. The third kappa shape index (κ3) is 4.51. The highest BCUT2D eigenvalue weighted by Crippen LogP contribution is 2.24. The minimum absolute atomic E-state index is 0.0397. The Morgan fingerprint density at radius 1 is 1.33 bits per heavy atom. The quantitative estimate of drug-likeness (QED) is 0.862. The Labute approximate surface area is 129 Å². The van der Waals surface area contributed by atoms with Crippen molar-refractivity contribution in [2.45, 2.75) is 45.8 Å². The molecule has 0 aliphatic rings. The number of pyridine rings is 1. The van der Waals surface area contributed by atoms with Gasteiger partial charge in [0.05, 0.1) is 6.04 Å². The van der Waals surface area contributed by atoms with Crippen LogP contribution in [-0.4, -0.2) is 10.5 Å². The van der Waals surface area contributed by atoms with Crippen LogP contribution in [0.2, 0.25) is 0 Å². The lowest BCUT2D eigenvalue weighted by atomic mass is 10.1. The molecule has 1 atom stereocenters. The molecule has 2 N–H and O–H groups in total. The van der Waals surface area contributed by atoms with Gasteiger partial charge >= 0.3 is 0 Å². The molecule has 5 heteroatoms. The molecule has 0 fully saturated rings. The normalized spacial score (nSPS) is 13.2. The van der Waals surface area contributed by atoms with E-state index in [1.807, 2.05) is 24.4 Å². The van der Waals surface area contributed by atoms with Crippen molar-refractivity contribution in [1.29, 1.82) is 0 Å². The van der Waals surface area contributed by atoms with Crippen molar-refractivity contribution in [2.24, 2.45) is 0 Å². The Bertz CT molecular complexity index is 576. The second-order valence-corrected chi connectivity index (χ2v) is 7.10. The molecular weight excluding hydrogens is 285 g/mol. The maximum atomic E-state index is 14.5. The molecule has 21 heavy (non-hydrogen) atoms. The van der Waals surface area contributed by atoms with Crippen molar-refractivity contribution >= 4 is 17.2 Å². The number of anilines is 1. The molecule has 0 aliphatic carbocycles. The molecule has 2 heterocycles. The van der Waals surface area contributed by atoms with Crippen LogP contribution in [0, 0.1) is 5.82 Å². The van der Waals surface area contributed by atoms with E-state index >= 15 is 0 Å². The van der Waals surface area contributed by atoms with E-state index in [-0.39, 0.29) is 17.4 Å². The Morgan fingerprint density at radius 2 is 2.10 bits per heavy atom. The predicted molar refractivity (Wildman–Crippen MR) is 87.1 cm³/mol. The summed E-state index contributed by atoms with van der Waals surface area (Å²) in [5.74, 6) is 0.0294. The predicted octanol–water partition coefficient (Wildman–Crippen LogP) is 4.34. The van der Waals surface area contributed by atoms with E-state index in [2.05, 4.69) is 36.4 Å². The van der Waals surface area contributed by atoms with Gasteiger partial charge in [-0.1, -0.05) is 6.07 Å². The van der Waals surface area contributed by atoms with E-state index in [9.17, 15) is 4.39 Å². The third-order valence-electron chi connectivity index (χ3n) is 3.10. The molecule has 0 bridgehead atoms. The Balaban J connectivity index is 2.10. The second-order valence-electron chi connectivity index (χ2n) is 6.12. The molecule has 114 valence electrons. The topological polar surface area (TPSA) is 37.0 Å². The number of nitrogens with one attached hydrogen (secondary N) is 2. The molecule has 2 rings (SSSR count). The molecule has 0 aromatic carbocycles. The number of aromatic nitrogens is 1. The molecule has 2 aromatic heterocycles. The van der Waals surface area contributed by atoms with E-state index in [4.69, 9.17) is 0 Å². The lowest BCUT2D eigenvalue weighted by Gasteiger charge is -2.21. The van der Waals surface area contributed by atoms with Gasteiger partial charge in [0.25, 0.3) is 0 Å². The highest BCUT2D eigenvalue weighted by Gasteiger charge is 2.15. The van der Waals surface area contributed by atoms with Crippen molar-refractivity contribution in [3.63, 3.8) is 0 Å². The minimum Gasteiger partial charge on any atom is -0.360 e. The van der Waals surface area contributed by atoms with Crippen LogP contribution in [0.1, 0.15) is 44.2 Å². The first kappa shape index (κ1) is 15.9. The van der Waals surface area contributed by atoms with Gasteiger partial charge in [0.15, 0.2) is 11.6 Å². The summed E-state index contributed by atoms with van der Waals surface area (Å²) in [5.41, 5.74) is 0.578. The van der Waals surface area contributed by atoms with Crippen LogP contribution in [-0.2, 0) is 6.54 Å². The molecule has 0 aliphatic heterocycles. The average molecular weight is 307 g/mol. The molecule has 0 amide bonds. The summed E-state index contributed by atoms with van der Waals surface area (Å²) in [4.78, 5) is 5.29. The van der Waals surface area contributed by atoms with Gasteiger partial charge in [0.1, 0.15) is 0 Å². The molecular formula is C16H22FN3S. The average Bonchev–Trinajstić information content (AvgIpc) is 2.92. The monoisotopic (exact) mass is 307 g/mol. The second kappa shape index (κ2) is 6.54. The summed E-state index contributed by atoms with van der Waals surface area (Å²) in [6.07, 6.45) is 1.65. The fraction of sp³-hybridized carbons (Fsp3) is 0.438. The van der Waals surface area contributed by atoms with Gasteiger partial charge in [-0.15, -0.1) is 11.3 Å². The lowest BCUT2D eigenvalue weighted by Crippen LogP contribution is -2.35. The summed E-state index contributed by atoms with van der Waals surface area (Å²) in [5, 5.41) is 8.46. The Morgan fingerprint density at radius 3 is 2.71 bits per heavy atom. The summed E-state index contributed by atoms with van der Waals surface area (Å²) in [6, 6.07) is 5.78. The first-order valence-electron chi connectivity index (χ1n) is 7.05. The molecule has 3 nitrogen and oxygen atoms in total. The van der Waals surface area contributed by atoms with Gasteiger partial charge in [-0.05, 0) is 45.2 Å². The number of thiophene rings is 1. The third-order valence-corrected chi connectivity index (χ3v) is 4.16. The van der Waals surface area contributed by atoms with Gasteiger partial charge in [-0.2, -0.15) is 0 Å². The van der Waals surface area contributed by atoms with Gasteiger partial charge in [0.2, 0.25) is 0 Å². The summed E-state index contributed by atoms with van der Waals surface area (Å²) in [7, 11) is 0. The van der Waals surface area contributed by atoms with Crippen LogP contribution < -0.4 is 10.6 Å². The zero-order valence-corrected chi connectivity index (χ0v) is 13.7. The van der Waals surface area contributed by atoms with Crippen LogP contribution in [0.25, 0.3) is 0 Å². The van der Waals surface area contributed by atoms with Crippen LogP contribution >= 0.6 is 11.3 Å². The Hall–Kier alpha value is -1.46. The van der Waals surface area contributed by atoms with Gasteiger partial charge in [0, 0.05) is 28.7 Å². The molecule has 0 saturated carbocycles. The largest absolute Gasteiger partial charge is 0.360 e. The maximum absolute atomic E-state index is 14.5. The fourth-order valence-corrected chi connectivity index (χ4v) is 2.63. The standard InChI is InChI=1S/C16H22FN3S/c1-11(13-6-5-9-21-13)20-15-14(17)12(7-8-18-15)10-19-16(2,3)4/h5-9,11,19H,10H2,1-4H3,(H,18,20). The number of hydrogen-bond donors (Lipinski definition) is 2. The highest BCUT2D eigenvalue weighted by atomic mass is 32.1. The summed E-state index contributed by atoms with van der Waals surface area (Å²) in [6.45, 7) is 8.67. The number of halogens is 1. The molecule has 0 saturated heterocycles. The van der Waals surface area contributed by atoms with Crippen LogP contribution in [0.15, 0.2) is 29.8 Å². The zero-order valence-electron chi connectivity index (χ0n) is 12.9. The smallest absolute Gasteiger partial charge is 0.169 e. The SMILES string of the molecule is CC(Nc1nccc(CNC(C)(C)C)c1F)c1cccs1. The number of nitrogens with zero attached hydrogens (tertiary/aromatic N) is 1. The van der Waals surface area contributed by atoms with E-state index in [0.717, 1.165) is 4.88 Å². The van der Waals surface area contributed by atoms with E-state index in [0.29, 0.717) is 17.9 Å². The van der Waals surface area contributed by atoms with E-state index < -0.39 is 0 Å². The first-order chi connectivity index (χ1) is 9.87. The maximum Gasteiger partial charge on any atom is 0.169 e. The van der Waals surface area contributed by atoms with Crippen molar-refractivity contribution in [1.82, 2.24) is 10.3 Å². The highest BCUT2D eigenvalue weighted by molar-refractivity contribution is 7.10. The van der Waals surface area contributed by atoms with Crippen molar-refractivity contribution < 1.29 is 4.39 Å². The molecule has 0 radical (unpaired) electrons. The lowest BCUT2D eigenvalue weighted by molar-refractivity contribution is 0.418. The Kier molecular flexibility index (Phi) is 4.96. The summed E-state index contributed by atoms with van der Waals surface area (Å²) < 4.78 is 14.5. The van der Waals surface area contributed by atoms with Gasteiger partial charge in [-0.3, -0.25) is 0 Å². The molecule has 1 unspecified atom stereocenters. The van der Waals surface area contributed by atoms with Crippen molar-refractivity contribution in [3.05, 3.63) is 46.0 Å². The van der Waals surface area contributed by atoms with Crippen LogP contribution in [0.5, 0.6) is 0 Å². The summed E-state index contributed by atoms with van der Waals surface area (Å²) >= 11 is 1.65. The van der Waals surface area contributed by atoms with Gasteiger partial charge < -0.3 is 10.6 Å². The van der Waals surface area contributed by atoms with Crippen molar-refractivity contribution in [3.8, 4) is 0 Å². The zero-order chi connectivity index (χ0) is 15.5. The first-order valence-corrected chi connectivity index (χ1v) is 7.93. The van der Waals surface area contributed by atoms with E-state index in [1.165, 1.54) is 0 Å². The number of rotatable bonds is 5.